The standard InChI is InChI=1S/C28H32Cl2N6O2/c1-19(2)31-28(38)36(20(3)21-7-5-4-6-8-21)18-27(37)35-15-13-34(14-16-35)26-12-11-25(32-33-26)23-10-9-22(29)17-24(23)30/h4-12,17,19-20H,13-16,18H2,1-3H3,(H,31,38)/t20-/m0/s1. The number of piperazine rings is 1. The van der Waals surface area contributed by atoms with E-state index in [-0.39, 0.29) is 30.6 Å². The Hall–Kier alpha value is -3.36. The van der Waals surface area contributed by atoms with E-state index in [1.54, 1.807) is 21.9 Å². The highest BCUT2D eigenvalue weighted by molar-refractivity contribution is 6.36. The fourth-order valence-corrected chi connectivity index (χ4v) is 4.90. The molecule has 0 saturated carbocycles. The van der Waals surface area contributed by atoms with Crippen LogP contribution in [0.15, 0.2) is 60.7 Å². The molecule has 3 amide bonds. The second-order valence-electron chi connectivity index (χ2n) is 9.59. The average molecular weight is 556 g/mol. The largest absolute Gasteiger partial charge is 0.352 e. The lowest BCUT2D eigenvalue weighted by Crippen LogP contribution is -2.53. The van der Waals surface area contributed by atoms with Crippen molar-refractivity contribution in [1.82, 2.24) is 25.3 Å². The minimum atomic E-state index is -0.250. The van der Waals surface area contributed by atoms with Crippen molar-refractivity contribution in [3.8, 4) is 11.3 Å². The lowest BCUT2D eigenvalue weighted by molar-refractivity contribution is -0.132. The van der Waals surface area contributed by atoms with E-state index in [0.29, 0.717) is 41.9 Å². The molecule has 1 aromatic heterocycles. The van der Waals surface area contributed by atoms with Crippen molar-refractivity contribution >= 4 is 41.0 Å². The Labute approximate surface area is 233 Å². The van der Waals surface area contributed by atoms with E-state index in [1.807, 2.05) is 69.3 Å². The van der Waals surface area contributed by atoms with Gasteiger partial charge in [0.15, 0.2) is 5.82 Å². The van der Waals surface area contributed by atoms with Crippen molar-refractivity contribution in [1.29, 1.82) is 0 Å². The Balaban J connectivity index is 1.38. The minimum absolute atomic E-state index is 0.00493. The second kappa shape index (κ2) is 12.5. The maximum absolute atomic E-state index is 13.3. The fourth-order valence-electron chi connectivity index (χ4n) is 4.39. The van der Waals surface area contributed by atoms with Crippen molar-refractivity contribution in [2.24, 2.45) is 0 Å². The Morgan fingerprint density at radius 2 is 1.66 bits per heavy atom. The first-order valence-corrected chi connectivity index (χ1v) is 13.4. The SMILES string of the molecule is CC(C)NC(=O)N(CC(=O)N1CCN(c2ccc(-c3ccc(Cl)cc3Cl)nn2)CC1)[C@@H](C)c1ccccc1. The van der Waals surface area contributed by atoms with Crippen LogP contribution in [0.3, 0.4) is 0 Å². The van der Waals surface area contributed by atoms with Crippen molar-refractivity contribution in [3.05, 3.63) is 76.3 Å². The smallest absolute Gasteiger partial charge is 0.318 e. The highest BCUT2D eigenvalue weighted by atomic mass is 35.5. The van der Waals surface area contributed by atoms with Gasteiger partial charge in [-0.15, -0.1) is 10.2 Å². The number of urea groups is 1. The van der Waals surface area contributed by atoms with E-state index < -0.39 is 0 Å². The Kier molecular flexibility index (Phi) is 9.07. The summed E-state index contributed by atoms with van der Waals surface area (Å²) in [6.07, 6.45) is 0. The highest BCUT2D eigenvalue weighted by Gasteiger charge is 2.29. The van der Waals surface area contributed by atoms with Crippen LogP contribution in [0, 0.1) is 0 Å². The number of halogens is 2. The number of hydrogen-bond acceptors (Lipinski definition) is 5. The number of nitrogens with one attached hydrogen (secondary N) is 1. The molecule has 1 aliphatic rings. The molecule has 0 unspecified atom stereocenters. The van der Waals surface area contributed by atoms with Crippen molar-refractivity contribution in [2.75, 3.05) is 37.6 Å². The summed E-state index contributed by atoms with van der Waals surface area (Å²) >= 11 is 12.3. The monoisotopic (exact) mass is 554 g/mol. The molecule has 1 saturated heterocycles. The minimum Gasteiger partial charge on any atom is -0.352 e. The first-order valence-electron chi connectivity index (χ1n) is 12.7. The second-order valence-corrected chi connectivity index (χ2v) is 10.4. The van der Waals surface area contributed by atoms with Gasteiger partial charge in [0.2, 0.25) is 5.91 Å². The van der Waals surface area contributed by atoms with Gasteiger partial charge in [-0.2, -0.15) is 0 Å². The van der Waals surface area contributed by atoms with Gasteiger partial charge in [0.1, 0.15) is 6.54 Å². The maximum Gasteiger partial charge on any atom is 0.318 e. The van der Waals surface area contributed by atoms with E-state index in [4.69, 9.17) is 23.2 Å². The third-order valence-corrected chi connectivity index (χ3v) is 7.09. The molecule has 38 heavy (non-hydrogen) atoms. The van der Waals surface area contributed by atoms with E-state index in [2.05, 4.69) is 20.4 Å². The zero-order valence-electron chi connectivity index (χ0n) is 21.8. The number of carbonyl (C=O) groups is 2. The van der Waals surface area contributed by atoms with E-state index >= 15 is 0 Å². The predicted octanol–water partition coefficient (Wildman–Crippen LogP) is 5.28. The fraction of sp³-hybridized carbons (Fsp3) is 0.357. The lowest BCUT2D eigenvalue weighted by atomic mass is 10.1. The Morgan fingerprint density at radius 3 is 2.26 bits per heavy atom. The highest BCUT2D eigenvalue weighted by Crippen LogP contribution is 2.29. The zero-order chi connectivity index (χ0) is 27.2. The third kappa shape index (κ3) is 6.74. The zero-order valence-corrected chi connectivity index (χ0v) is 23.3. The van der Waals surface area contributed by atoms with Crippen LogP contribution in [0.4, 0.5) is 10.6 Å². The molecule has 4 rings (SSSR count). The topological polar surface area (TPSA) is 81.7 Å². The van der Waals surface area contributed by atoms with E-state index in [0.717, 1.165) is 16.9 Å². The average Bonchev–Trinajstić information content (AvgIpc) is 2.91. The molecule has 200 valence electrons. The molecule has 1 fully saturated rings. The number of nitrogens with zero attached hydrogens (tertiary/aromatic N) is 5. The van der Waals surface area contributed by atoms with Gasteiger partial charge in [0.05, 0.1) is 16.8 Å². The number of anilines is 1. The normalized spacial score (nSPS) is 14.4. The molecule has 3 aromatic rings. The molecular formula is C28H32Cl2N6O2. The molecule has 0 bridgehead atoms. The molecule has 1 aliphatic heterocycles. The summed E-state index contributed by atoms with van der Waals surface area (Å²) in [4.78, 5) is 31.8. The number of aromatic nitrogens is 2. The molecule has 1 atom stereocenters. The summed E-state index contributed by atoms with van der Waals surface area (Å²) in [7, 11) is 0. The third-order valence-electron chi connectivity index (χ3n) is 6.54. The van der Waals surface area contributed by atoms with Crippen LogP contribution in [0.25, 0.3) is 11.3 Å². The molecule has 8 nitrogen and oxygen atoms in total. The molecule has 0 spiro atoms. The molecule has 0 aliphatic carbocycles. The first kappa shape index (κ1) is 27.7. The van der Waals surface area contributed by atoms with Crippen LogP contribution in [-0.4, -0.2) is 70.7 Å². The number of carbonyl (C=O) groups excluding carboxylic acids is 2. The van der Waals surface area contributed by atoms with Gasteiger partial charge < -0.3 is 20.0 Å². The Morgan fingerprint density at radius 1 is 0.947 bits per heavy atom. The van der Waals surface area contributed by atoms with Gasteiger partial charge in [-0.05, 0) is 56.7 Å². The molecule has 2 aromatic carbocycles. The quantitative estimate of drug-likeness (QED) is 0.429. The summed E-state index contributed by atoms with van der Waals surface area (Å²) in [6, 6.07) is 18.3. The van der Waals surface area contributed by atoms with Gasteiger partial charge in [-0.1, -0.05) is 53.5 Å². The van der Waals surface area contributed by atoms with Gasteiger partial charge >= 0.3 is 6.03 Å². The van der Waals surface area contributed by atoms with Gasteiger partial charge in [0.25, 0.3) is 0 Å². The molecule has 2 heterocycles. The maximum atomic E-state index is 13.3. The van der Waals surface area contributed by atoms with Crippen LogP contribution in [0.1, 0.15) is 32.4 Å². The summed E-state index contributed by atoms with van der Waals surface area (Å²) in [5.74, 6) is 0.659. The Bertz CT molecular complexity index is 1250. The first-order chi connectivity index (χ1) is 18.2. The summed E-state index contributed by atoms with van der Waals surface area (Å²) in [6.45, 7) is 8.07. The van der Waals surface area contributed by atoms with Crippen molar-refractivity contribution in [2.45, 2.75) is 32.9 Å². The number of rotatable bonds is 7. The predicted molar refractivity (Wildman–Crippen MR) is 152 cm³/mol. The van der Waals surface area contributed by atoms with Crippen LogP contribution in [0.2, 0.25) is 10.0 Å². The summed E-state index contributed by atoms with van der Waals surface area (Å²) < 4.78 is 0. The molecule has 0 radical (unpaired) electrons. The van der Waals surface area contributed by atoms with Gasteiger partial charge in [-0.25, -0.2) is 4.79 Å². The number of hydrogen-bond donors (Lipinski definition) is 1. The lowest BCUT2D eigenvalue weighted by Gasteiger charge is -2.37. The van der Waals surface area contributed by atoms with Gasteiger partial charge in [-0.3, -0.25) is 4.79 Å². The van der Waals surface area contributed by atoms with E-state index in [9.17, 15) is 9.59 Å². The molecular weight excluding hydrogens is 523 g/mol. The van der Waals surface area contributed by atoms with Crippen molar-refractivity contribution < 1.29 is 9.59 Å². The van der Waals surface area contributed by atoms with Crippen LogP contribution in [-0.2, 0) is 4.79 Å². The van der Waals surface area contributed by atoms with Crippen molar-refractivity contribution in [3.63, 3.8) is 0 Å². The van der Waals surface area contributed by atoms with Crippen LogP contribution in [0.5, 0.6) is 0 Å². The van der Waals surface area contributed by atoms with Crippen LogP contribution < -0.4 is 10.2 Å². The summed E-state index contributed by atoms with van der Waals surface area (Å²) in [5.41, 5.74) is 2.41. The molecule has 10 heteroatoms. The van der Waals surface area contributed by atoms with E-state index in [1.165, 1.54) is 0 Å². The van der Waals surface area contributed by atoms with Gasteiger partial charge in [0, 0.05) is 42.8 Å². The number of amides is 3. The number of benzene rings is 2. The summed E-state index contributed by atoms with van der Waals surface area (Å²) in [5, 5.41) is 12.7. The van der Waals surface area contributed by atoms with Crippen LogP contribution >= 0.6 is 23.2 Å². The molecule has 1 N–H and O–H groups in total.